The van der Waals surface area contributed by atoms with E-state index < -0.39 is 0 Å². The van der Waals surface area contributed by atoms with E-state index in [1.165, 1.54) is 12.1 Å². The minimum atomic E-state index is -0.345. The second kappa shape index (κ2) is 5.71. The Hall–Kier alpha value is -2.75. The van der Waals surface area contributed by atoms with Gasteiger partial charge in [-0.15, -0.1) is 0 Å². The van der Waals surface area contributed by atoms with Crippen molar-refractivity contribution >= 4 is 17.4 Å². The maximum atomic E-state index is 13.4. The molecule has 0 atom stereocenters. The van der Waals surface area contributed by atoms with Crippen LogP contribution < -0.4 is 0 Å². The first-order valence-corrected chi connectivity index (χ1v) is 6.48. The topological polar surface area (TPSA) is 39.2 Å². The maximum Gasteiger partial charge on any atom is 0.293 e. The lowest BCUT2D eigenvalue weighted by Crippen LogP contribution is -1.97. The number of hydrogen-bond acceptors (Lipinski definition) is 3. The van der Waals surface area contributed by atoms with Crippen molar-refractivity contribution in [3.8, 4) is 11.1 Å². The van der Waals surface area contributed by atoms with E-state index in [1.54, 1.807) is 6.07 Å². The molecule has 0 spiro atoms. The highest BCUT2D eigenvalue weighted by Crippen LogP contribution is 2.29. The lowest BCUT2D eigenvalue weighted by Gasteiger charge is -2.09. The molecule has 1 aromatic heterocycles. The molecule has 0 saturated heterocycles. The lowest BCUT2D eigenvalue weighted by atomic mass is 10.00. The first kappa shape index (κ1) is 13.2. The third-order valence-electron chi connectivity index (χ3n) is 3.21. The van der Waals surface area contributed by atoms with Gasteiger partial charge < -0.3 is 4.74 Å². The van der Waals surface area contributed by atoms with Crippen LogP contribution in [0.1, 0.15) is 5.69 Å². The molecule has 0 aliphatic heterocycles. The van der Waals surface area contributed by atoms with Gasteiger partial charge in [0.25, 0.3) is 6.47 Å². The van der Waals surface area contributed by atoms with Crippen LogP contribution in [0.5, 0.6) is 0 Å². The van der Waals surface area contributed by atoms with Gasteiger partial charge >= 0.3 is 0 Å². The van der Waals surface area contributed by atoms with Gasteiger partial charge in [0.15, 0.2) is 0 Å². The fraction of sp³-hybridized carbons (Fsp3) is 0.0588. The zero-order valence-electron chi connectivity index (χ0n) is 11.1. The molecule has 3 aromatic rings. The molecule has 3 rings (SSSR count). The van der Waals surface area contributed by atoms with Gasteiger partial charge in [0.1, 0.15) is 12.4 Å². The smallest absolute Gasteiger partial charge is 0.293 e. The highest BCUT2D eigenvalue weighted by atomic mass is 19.1. The molecule has 0 aliphatic carbocycles. The van der Waals surface area contributed by atoms with Gasteiger partial charge in [0.2, 0.25) is 0 Å². The second-order valence-electron chi connectivity index (χ2n) is 4.60. The van der Waals surface area contributed by atoms with Gasteiger partial charge in [-0.2, -0.15) is 0 Å². The van der Waals surface area contributed by atoms with E-state index >= 15 is 0 Å². The number of hydrogen-bond donors (Lipinski definition) is 0. The monoisotopic (exact) mass is 281 g/mol. The van der Waals surface area contributed by atoms with E-state index in [2.05, 4.69) is 4.98 Å². The number of ether oxygens (including phenoxy) is 1. The van der Waals surface area contributed by atoms with E-state index in [0.29, 0.717) is 17.7 Å². The molecular weight excluding hydrogens is 269 g/mol. The molecule has 21 heavy (non-hydrogen) atoms. The number of carbonyl (C=O) groups excluding carboxylic acids is 1. The Morgan fingerprint density at radius 1 is 1.10 bits per heavy atom. The molecule has 0 amide bonds. The van der Waals surface area contributed by atoms with Crippen molar-refractivity contribution in [3.05, 3.63) is 66.1 Å². The van der Waals surface area contributed by atoms with Gasteiger partial charge in [0.05, 0.1) is 11.2 Å². The molecule has 0 unspecified atom stereocenters. The van der Waals surface area contributed by atoms with Crippen molar-refractivity contribution < 1.29 is 13.9 Å². The highest BCUT2D eigenvalue weighted by molar-refractivity contribution is 5.94. The van der Waals surface area contributed by atoms with Gasteiger partial charge in [-0.3, -0.25) is 4.79 Å². The predicted octanol–water partition coefficient (Wildman–Crippen LogP) is 3.71. The lowest BCUT2D eigenvalue weighted by molar-refractivity contribution is -0.129. The summed E-state index contributed by atoms with van der Waals surface area (Å²) in [4.78, 5) is 14.7. The Kier molecular flexibility index (Phi) is 3.60. The third kappa shape index (κ3) is 2.74. The van der Waals surface area contributed by atoms with E-state index in [9.17, 15) is 9.18 Å². The average Bonchev–Trinajstić information content (AvgIpc) is 2.52. The minimum absolute atomic E-state index is 0.0653. The van der Waals surface area contributed by atoms with Crippen LogP contribution in [0.15, 0.2) is 54.6 Å². The first-order valence-electron chi connectivity index (χ1n) is 6.48. The van der Waals surface area contributed by atoms with Gasteiger partial charge in [0, 0.05) is 11.5 Å². The van der Waals surface area contributed by atoms with E-state index in [1.807, 2.05) is 36.4 Å². The van der Waals surface area contributed by atoms with Crippen molar-refractivity contribution in [2.24, 2.45) is 0 Å². The van der Waals surface area contributed by atoms with Crippen LogP contribution in [0.25, 0.3) is 22.0 Å². The van der Waals surface area contributed by atoms with Gasteiger partial charge in [-0.05, 0) is 29.3 Å². The fourth-order valence-corrected chi connectivity index (χ4v) is 2.31. The maximum absolute atomic E-state index is 13.4. The number of nitrogens with zero attached hydrogens (tertiary/aromatic N) is 1. The van der Waals surface area contributed by atoms with Crippen molar-refractivity contribution in [2.75, 3.05) is 0 Å². The van der Waals surface area contributed by atoms with Crippen LogP contribution in [-0.4, -0.2) is 11.5 Å². The Bertz CT molecular complexity index is 787. The van der Waals surface area contributed by atoms with Crippen LogP contribution in [0, 0.1) is 5.82 Å². The molecule has 3 nitrogen and oxygen atoms in total. The van der Waals surface area contributed by atoms with Crippen molar-refractivity contribution in [1.82, 2.24) is 4.98 Å². The number of benzene rings is 2. The molecule has 2 aromatic carbocycles. The number of halogens is 1. The summed E-state index contributed by atoms with van der Waals surface area (Å²) in [5.74, 6) is -0.345. The molecule has 0 fully saturated rings. The first-order chi connectivity index (χ1) is 10.3. The fourth-order valence-electron chi connectivity index (χ4n) is 2.31. The standard InChI is InChI=1S/C17H12FNO2/c18-13-6-7-15-16(12-4-2-1-3-5-12)9-14(10-21-11-20)19-17(15)8-13/h1-9,11H,10H2. The molecule has 4 heteroatoms. The third-order valence-corrected chi connectivity index (χ3v) is 3.21. The minimum Gasteiger partial charge on any atom is -0.461 e. The Balaban J connectivity index is 2.22. The van der Waals surface area contributed by atoms with Crippen molar-refractivity contribution in [2.45, 2.75) is 6.61 Å². The quantitative estimate of drug-likeness (QED) is 0.684. The number of aromatic nitrogens is 1. The zero-order chi connectivity index (χ0) is 14.7. The van der Waals surface area contributed by atoms with Crippen LogP contribution in [0.4, 0.5) is 4.39 Å². The summed E-state index contributed by atoms with van der Waals surface area (Å²) >= 11 is 0. The number of pyridine rings is 1. The van der Waals surface area contributed by atoms with Crippen molar-refractivity contribution in [1.29, 1.82) is 0 Å². The van der Waals surface area contributed by atoms with Gasteiger partial charge in [-0.1, -0.05) is 30.3 Å². The summed E-state index contributed by atoms with van der Waals surface area (Å²) in [7, 11) is 0. The zero-order valence-corrected chi connectivity index (χ0v) is 11.1. The second-order valence-corrected chi connectivity index (χ2v) is 4.60. The summed E-state index contributed by atoms with van der Waals surface area (Å²) in [6.45, 7) is 0.440. The van der Waals surface area contributed by atoms with E-state index in [-0.39, 0.29) is 12.4 Å². The van der Waals surface area contributed by atoms with Gasteiger partial charge in [-0.25, -0.2) is 9.37 Å². The van der Waals surface area contributed by atoms with E-state index in [0.717, 1.165) is 16.5 Å². The number of rotatable bonds is 4. The summed E-state index contributed by atoms with van der Waals surface area (Å²) < 4.78 is 18.2. The Labute approximate surface area is 121 Å². The summed E-state index contributed by atoms with van der Waals surface area (Å²) in [5, 5.41) is 0.859. The molecule has 0 aliphatic rings. The van der Waals surface area contributed by atoms with Crippen LogP contribution in [0.2, 0.25) is 0 Å². The van der Waals surface area contributed by atoms with Crippen LogP contribution in [-0.2, 0) is 16.1 Å². The normalized spacial score (nSPS) is 10.5. The SMILES string of the molecule is O=COCc1cc(-c2ccccc2)c2ccc(F)cc2n1. The highest BCUT2D eigenvalue weighted by Gasteiger charge is 2.09. The summed E-state index contributed by atoms with van der Waals surface area (Å²) in [5.41, 5.74) is 3.06. The molecule has 1 heterocycles. The summed E-state index contributed by atoms with van der Waals surface area (Å²) in [6.07, 6.45) is 0. The Morgan fingerprint density at radius 2 is 1.90 bits per heavy atom. The predicted molar refractivity (Wildman–Crippen MR) is 78.0 cm³/mol. The molecule has 0 N–H and O–H groups in total. The number of fused-ring (bicyclic) bond motifs is 1. The average molecular weight is 281 g/mol. The molecule has 0 radical (unpaired) electrons. The molecule has 104 valence electrons. The molecule has 0 bridgehead atoms. The molecule has 0 saturated carbocycles. The largest absolute Gasteiger partial charge is 0.461 e. The number of carbonyl (C=O) groups is 1. The molecular formula is C17H12FNO2. The van der Waals surface area contributed by atoms with Crippen LogP contribution in [0.3, 0.4) is 0 Å². The van der Waals surface area contributed by atoms with Crippen molar-refractivity contribution in [3.63, 3.8) is 0 Å². The van der Waals surface area contributed by atoms with Crippen LogP contribution >= 0.6 is 0 Å². The van der Waals surface area contributed by atoms with E-state index in [4.69, 9.17) is 4.74 Å². The summed E-state index contributed by atoms with van der Waals surface area (Å²) in [6, 6.07) is 16.1. The Morgan fingerprint density at radius 3 is 2.67 bits per heavy atom.